The summed E-state index contributed by atoms with van der Waals surface area (Å²) >= 11 is 0. The fraction of sp³-hybridized carbons (Fsp3) is 0.647. The first-order valence-corrected chi connectivity index (χ1v) is 7.64. The number of hydrogen-bond donors (Lipinski definition) is 2. The molecule has 2 aliphatic rings. The Bertz CT molecular complexity index is 463. The summed E-state index contributed by atoms with van der Waals surface area (Å²) in [5, 5.41) is 13.7. The van der Waals surface area contributed by atoms with Gasteiger partial charge in [0.05, 0.1) is 5.60 Å². The lowest BCUT2D eigenvalue weighted by Gasteiger charge is -2.23. The molecule has 0 bridgehead atoms. The van der Waals surface area contributed by atoms with Crippen molar-refractivity contribution >= 4 is 0 Å². The van der Waals surface area contributed by atoms with Crippen molar-refractivity contribution in [2.75, 3.05) is 27.3 Å². The number of allylic oxidation sites excluding steroid dienone is 3. The van der Waals surface area contributed by atoms with Gasteiger partial charge in [-0.15, -0.1) is 0 Å². The van der Waals surface area contributed by atoms with E-state index >= 15 is 0 Å². The molecule has 0 radical (unpaired) electrons. The zero-order chi connectivity index (χ0) is 15.5. The van der Waals surface area contributed by atoms with Crippen LogP contribution in [-0.4, -0.2) is 44.1 Å². The normalized spacial score (nSPS) is 30.0. The van der Waals surface area contributed by atoms with Crippen LogP contribution in [0, 0.1) is 5.92 Å². The first-order valence-electron chi connectivity index (χ1n) is 7.64. The van der Waals surface area contributed by atoms with E-state index in [1.54, 1.807) is 7.11 Å². The van der Waals surface area contributed by atoms with Gasteiger partial charge in [-0.2, -0.15) is 0 Å². The largest absolute Gasteiger partial charge is 0.490 e. The van der Waals surface area contributed by atoms with Crippen molar-refractivity contribution in [3.8, 4) is 0 Å². The Kier molecular flexibility index (Phi) is 5.25. The second kappa shape index (κ2) is 6.77. The molecule has 0 aliphatic heterocycles. The zero-order valence-corrected chi connectivity index (χ0v) is 13.5. The molecule has 4 heteroatoms. The van der Waals surface area contributed by atoms with Crippen LogP contribution in [-0.2, 0) is 9.47 Å². The van der Waals surface area contributed by atoms with Gasteiger partial charge in [0.15, 0.2) is 0 Å². The number of likely N-dealkylation sites (N-methyl/N-ethyl adjacent to an activating group) is 1. The third kappa shape index (κ3) is 3.76. The highest BCUT2D eigenvalue weighted by Gasteiger charge is 2.38. The summed E-state index contributed by atoms with van der Waals surface area (Å²) in [7, 11) is 3.58. The Labute approximate surface area is 127 Å². The van der Waals surface area contributed by atoms with Crippen LogP contribution >= 0.6 is 0 Å². The van der Waals surface area contributed by atoms with E-state index in [0.29, 0.717) is 12.5 Å². The second-order valence-electron chi connectivity index (χ2n) is 6.15. The van der Waals surface area contributed by atoms with Crippen LogP contribution in [0.4, 0.5) is 0 Å². The maximum absolute atomic E-state index is 10.6. The van der Waals surface area contributed by atoms with Gasteiger partial charge in [-0.3, -0.25) is 0 Å². The molecule has 0 heterocycles. The highest BCUT2D eigenvalue weighted by Crippen LogP contribution is 2.43. The summed E-state index contributed by atoms with van der Waals surface area (Å²) in [5.41, 5.74) is 1.36. The number of methoxy groups -OCH3 is 1. The van der Waals surface area contributed by atoms with E-state index in [2.05, 4.69) is 24.4 Å². The molecule has 118 valence electrons. The highest BCUT2D eigenvalue weighted by molar-refractivity contribution is 5.49. The standard InChI is InChI=1S/C17H27NO3/c1-12-5-6-15(21-11-14(20-4)10-18-3)16-13(9-12)7-8-17(16,2)19/h5-6,9,12,14,18-19H,7-8,10-11H2,1-4H3. The Morgan fingerprint density at radius 3 is 2.95 bits per heavy atom. The third-order valence-corrected chi connectivity index (χ3v) is 4.19. The van der Waals surface area contributed by atoms with Gasteiger partial charge in [-0.1, -0.05) is 19.1 Å². The van der Waals surface area contributed by atoms with Crippen LogP contribution in [0.5, 0.6) is 0 Å². The molecule has 0 aromatic carbocycles. The summed E-state index contributed by atoms with van der Waals surface area (Å²) in [5.74, 6) is 1.15. The predicted octanol–water partition coefficient (Wildman–Crippen LogP) is 2.17. The van der Waals surface area contributed by atoms with E-state index in [-0.39, 0.29) is 6.10 Å². The lowest BCUT2D eigenvalue weighted by Crippen LogP contribution is -2.30. The molecule has 2 aliphatic carbocycles. The molecule has 21 heavy (non-hydrogen) atoms. The maximum Gasteiger partial charge on any atom is 0.125 e. The summed E-state index contributed by atoms with van der Waals surface area (Å²) in [4.78, 5) is 0. The van der Waals surface area contributed by atoms with Crippen LogP contribution < -0.4 is 5.32 Å². The predicted molar refractivity (Wildman–Crippen MR) is 83.9 cm³/mol. The molecule has 0 aromatic rings. The number of rotatable bonds is 6. The molecule has 3 unspecified atom stereocenters. The lowest BCUT2D eigenvalue weighted by molar-refractivity contribution is 0.0336. The first kappa shape index (κ1) is 16.3. The quantitative estimate of drug-likeness (QED) is 0.788. The second-order valence-corrected chi connectivity index (χ2v) is 6.15. The van der Waals surface area contributed by atoms with Crippen molar-refractivity contribution in [2.45, 2.75) is 38.4 Å². The first-order chi connectivity index (χ1) is 9.97. The number of ether oxygens (including phenoxy) is 2. The molecular formula is C17H27NO3. The molecule has 0 spiro atoms. The molecule has 0 saturated heterocycles. The van der Waals surface area contributed by atoms with Gasteiger partial charge in [0, 0.05) is 19.2 Å². The van der Waals surface area contributed by atoms with E-state index in [0.717, 1.165) is 30.7 Å². The molecule has 0 amide bonds. The monoisotopic (exact) mass is 293 g/mol. The smallest absolute Gasteiger partial charge is 0.125 e. The minimum atomic E-state index is -0.804. The molecular weight excluding hydrogens is 266 g/mol. The van der Waals surface area contributed by atoms with Crippen LogP contribution in [0.2, 0.25) is 0 Å². The number of hydrogen-bond acceptors (Lipinski definition) is 4. The number of nitrogens with one attached hydrogen (secondary N) is 1. The Hall–Kier alpha value is -1.10. The molecule has 2 rings (SSSR count). The fourth-order valence-corrected chi connectivity index (χ4v) is 3.00. The molecule has 3 atom stereocenters. The van der Waals surface area contributed by atoms with Gasteiger partial charge in [-0.05, 0) is 44.4 Å². The highest BCUT2D eigenvalue weighted by atomic mass is 16.5. The van der Waals surface area contributed by atoms with Crippen LogP contribution in [0.3, 0.4) is 0 Å². The number of aliphatic hydroxyl groups is 1. The molecule has 4 nitrogen and oxygen atoms in total. The fourth-order valence-electron chi connectivity index (χ4n) is 3.00. The van der Waals surface area contributed by atoms with E-state index in [1.807, 2.05) is 20.0 Å². The SMILES string of the molecule is CNCC(COC1=C2C(=CC(C)C=C1)CCC2(C)O)OC. The lowest BCUT2D eigenvalue weighted by atomic mass is 9.96. The van der Waals surface area contributed by atoms with Crippen LogP contribution in [0.25, 0.3) is 0 Å². The Balaban J connectivity index is 2.21. The van der Waals surface area contributed by atoms with Gasteiger partial charge in [0.25, 0.3) is 0 Å². The minimum Gasteiger partial charge on any atom is -0.490 e. The molecule has 1 saturated carbocycles. The van der Waals surface area contributed by atoms with Gasteiger partial charge in [0.1, 0.15) is 18.5 Å². The molecule has 2 N–H and O–H groups in total. The van der Waals surface area contributed by atoms with E-state index in [1.165, 1.54) is 5.57 Å². The van der Waals surface area contributed by atoms with Crippen molar-refractivity contribution in [1.82, 2.24) is 5.32 Å². The number of fused-ring (bicyclic) bond motifs is 1. The zero-order valence-electron chi connectivity index (χ0n) is 13.5. The average Bonchev–Trinajstić information content (AvgIpc) is 2.63. The summed E-state index contributed by atoms with van der Waals surface area (Å²) in [6.07, 6.45) is 8.00. The maximum atomic E-state index is 10.6. The molecule has 1 fully saturated rings. The van der Waals surface area contributed by atoms with E-state index in [9.17, 15) is 5.11 Å². The third-order valence-electron chi connectivity index (χ3n) is 4.19. The average molecular weight is 293 g/mol. The van der Waals surface area contributed by atoms with Crippen molar-refractivity contribution < 1.29 is 14.6 Å². The van der Waals surface area contributed by atoms with Crippen LogP contribution in [0.1, 0.15) is 26.7 Å². The van der Waals surface area contributed by atoms with Gasteiger partial charge < -0.3 is 19.9 Å². The topological polar surface area (TPSA) is 50.7 Å². The minimum absolute atomic E-state index is 0.00374. The Morgan fingerprint density at radius 1 is 1.52 bits per heavy atom. The summed E-state index contributed by atoms with van der Waals surface area (Å²) in [6, 6.07) is 0. The van der Waals surface area contributed by atoms with Crippen molar-refractivity contribution in [1.29, 1.82) is 0 Å². The van der Waals surface area contributed by atoms with E-state index < -0.39 is 5.60 Å². The van der Waals surface area contributed by atoms with Crippen molar-refractivity contribution in [3.05, 3.63) is 35.1 Å². The van der Waals surface area contributed by atoms with Crippen molar-refractivity contribution in [2.24, 2.45) is 5.92 Å². The summed E-state index contributed by atoms with van der Waals surface area (Å²) in [6.45, 7) is 5.23. The summed E-state index contributed by atoms with van der Waals surface area (Å²) < 4.78 is 11.4. The van der Waals surface area contributed by atoms with Crippen LogP contribution in [0.15, 0.2) is 35.1 Å². The van der Waals surface area contributed by atoms with E-state index in [4.69, 9.17) is 9.47 Å². The van der Waals surface area contributed by atoms with Gasteiger partial charge in [0.2, 0.25) is 0 Å². The molecule has 0 aromatic heterocycles. The van der Waals surface area contributed by atoms with Gasteiger partial charge in [-0.25, -0.2) is 0 Å². The van der Waals surface area contributed by atoms with Crippen molar-refractivity contribution in [3.63, 3.8) is 0 Å². The Morgan fingerprint density at radius 2 is 2.29 bits per heavy atom. The van der Waals surface area contributed by atoms with Gasteiger partial charge >= 0.3 is 0 Å².